The lowest BCUT2D eigenvalue weighted by molar-refractivity contribution is -0.143. The third-order valence-electron chi connectivity index (χ3n) is 4.27. The average Bonchev–Trinajstić information content (AvgIpc) is 3.34. The van der Waals surface area contributed by atoms with Crippen LogP contribution in [0.2, 0.25) is 0 Å². The first-order valence-electron chi connectivity index (χ1n) is 8.63. The van der Waals surface area contributed by atoms with Crippen LogP contribution in [0.5, 0.6) is 0 Å². The lowest BCUT2D eigenvalue weighted by Gasteiger charge is -2.18. The van der Waals surface area contributed by atoms with Gasteiger partial charge in [-0.05, 0) is 0 Å². The molecule has 31 heavy (non-hydrogen) atoms. The third-order valence-corrected chi connectivity index (χ3v) is 6.16. The normalized spacial score (nSPS) is 19.5. The number of carbonyl (C=O) groups excluding carboxylic acids is 2. The Morgan fingerprint density at radius 1 is 1.55 bits per heavy atom. The van der Waals surface area contributed by atoms with Crippen molar-refractivity contribution in [2.45, 2.75) is 6.04 Å². The third kappa shape index (κ3) is 4.42. The highest BCUT2D eigenvalue weighted by Gasteiger charge is 2.50. The van der Waals surface area contributed by atoms with Gasteiger partial charge in [-0.2, -0.15) is 0 Å². The van der Waals surface area contributed by atoms with Crippen LogP contribution < -0.4 is 11.1 Å². The number of aromatic nitrogens is 1. The standard InChI is InChI=1S/C16H18N6O7S2/c1-3-4-29-20-11(9-7-30-16(17)19-9)13(23)18-8-5-21-6-10(31(2,27)28)12(15(25)26)22(21)14(8)24/h3,7-8H,1,4-6H2,2H3,(H2,17,19)(H,18,23)(H,25,26)/b20-11-/t8-/m0/s1. The molecule has 1 atom stereocenters. The maximum Gasteiger partial charge on any atom is 0.355 e. The Labute approximate surface area is 180 Å². The van der Waals surface area contributed by atoms with Gasteiger partial charge < -0.3 is 21.0 Å². The van der Waals surface area contributed by atoms with Crippen molar-refractivity contribution < 1.29 is 32.7 Å². The van der Waals surface area contributed by atoms with Gasteiger partial charge >= 0.3 is 5.97 Å². The number of nitrogens with zero attached hydrogens (tertiary/aromatic N) is 4. The SMILES string of the molecule is C=CCO/N=C(\C(=O)N[C@H]1CN2CC(S(C)(=O)=O)=C(C(=O)O)N2C1=O)c1csc(N)n1. The highest BCUT2D eigenvalue weighted by molar-refractivity contribution is 7.94. The molecule has 3 rings (SSSR count). The first-order valence-corrected chi connectivity index (χ1v) is 11.4. The fourth-order valence-corrected chi connectivity index (χ4v) is 4.45. The number of hydrazine groups is 1. The topological polar surface area (TPSA) is 185 Å². The Morgan fingerprint density at radius 2 is 2.26 bits per heavy atom. The van der Waals surface area contributed by atoms with E-state index in [0.29, 0.717) is 0 Å². The van der Waals surface area contributed by atoms with Gasteiger partial charge in [0.1, 0.15) is 18.3 Å². The molecule has 0 bridgehead atoms. The minimum Gasteiger partial charge on any atom is -0.476 e. The Balaban J connectivity index is 1.84. The van der Waals surface area contributed by atoms with Gasteiger partial charge in [0.05, 0.1) is 11.4 Å². The van der Waals surface area contributed by atoms with Crippen LogP contribution in [-0.4, -0.2) is 84.0 Å². The van der Waals surface area contributed by atoms with E-state index in [2.05, 4.69) is 22.0 Å². The molecule has 2 amide bonds. The van der Waals surface area contributed by atoms with Crippen LogP contribution in [0.1, 0.15) is 5.69 Å². The first-order chi connectivity index (χ1) is 14.5. The summed E-state index contributed by atoms with van der Waals surface area (Å²) < 4.78 is 23.8. The largest absolute Gasteiger partial charge is 0.476 e. The van der Waals surface area contributed by atoms with Crippen LogP contribution in [-0.2, 0) is 29.1 Å². The Hall–Kier alpha value is -3.30. The predicted molar refractivity (Wildman–Crippen MR) is 109 cm³/mol. The van der Waals surface area contributed by atoms with E-state index in [1.807, 2.05) is 0 Å². The number of sulfone groups is 1. The molecule has 0 aliphatic carbocycles. The van der Waals surface area contributed by atoms with Crippen molar-refractivity contribution in [3.8, 4) is 0 Å². The van der Waals surface area contributed by atoms with E-state index in [-0.39, 0.29) is 41.1 Å². The zero-order chi connectivity index (χ0) is 22.9. The van der Waals surface area contributed by atoms with Crippen molar-refractivity contribution >= 4 is 49.8 Å². The van der Waals surface area contributed by atoms with E-state index >= 15 is 0 Å². The molecule has 0 spiro atoms. The maximum absolute atomic E-state index is 12.8. The number of thiazole rings is 1. The maximum atomic E-state index is 12.8. The monoisotopic (exact) mass is 470 g/mol. The predicted octanol–water partition coefficient (Wildman–Crippen LogP) is -1.47. The summed E-state index contributed by atoms with van der Waals surface area (Å²) in [5, 5.41) is 19.3. The van der Waals surface area contributed by atoms with Crippen LogP contribution in [0.15, 0.2) is 33.8 Å². The summed E-state index contributed by atoms with van der Waals surface area (Å²) in [5.41, 5.74) is 4.83. The van der Waals surface area contributed by atoms with Gasteiger partial charge in [0, 0.05) is 18.2 Å². The lowest BCUT2D eigenvalue weighted by atomic mass is 10.2. The van der Waals surface area contributed by atoms with E-state index in [1.165, 1.54) is 16.5 Å². The molecule has 13 nitrogen and oxygen atoms in total. The van der Waals surface area contributed by atoms with Gasteiger partial charge in [-0.3, -0.25) is 9.59 Å². The van der Waals surface area contributed by atoms with Gasteiger partial charge in [0.15, 0.2) is 26.4 Å². The highest BCUT2D eigenvalue weighted by Crippen LogP contribution is 2.31. The van der Waals surface area contributed by atoms with Gasteiger partial charge in [-0.1, -0.05) is 17.8 Å². The highest BCUT2D eigenvalue weighted by atomic mass is 32.2. The second-order valence-electron chi connectivity index (χ2n) is 6.47. The number of nitrogens with one attached hydrogen (secondary N) is 1. The second-order valence-corrected chi connectivity index (χ2v) is 9.39. The van der Waals surface area contributed by atoms with Crippen molar-refractivity contribution in [2.75, 3.05) is 31.7 Å². The number of anilines is 1. The van der Waals surface area contributed by atoms with E-state index in [9.17, 15) is 27.9 Å². The lowest BCUT2D eigenvalue weighted by Crippen LogP contribution is -2.46. The summed E-state index contributed by atoms with van der Waals surface area (Å²) in [7, 11) is -3.85. The number of nitrogen functional groups attached to an aromatic ring is 1. The molecule has 1 fully saturated rings. The summed E-state index contributed by atoms with van der Waals surface area (Å²) in [6, 6.07) is -1.15. The number of carboxylic acids is 1. The Kier molecular flexibility index (Phi) is 6.10. The summed E-state index contributed by atoms with van der Waals surface area (Å²) in [5.74, 6) is -3.17. The molecule has 1 aromatic heterocycles. The molecule has 2 aliphatic heterocycles. The molecule has 1 aromatic rings. The Bertz CT molecular complexity index is 1120. The molecule has 15 heteroatoms. The molecular weight excluding hydrogens is 452 g/mol. The zero-order valence-corrected chi connectivity index (χ0v) is 17.8. The molecule has 0 aromatic carbocycles. The number of nitrogens with two attached hydrogens (primary N) is 1. The number of carboxylic acid groups (broad SMARTS) is 1. The molecule has 4 N–H and O–H groups in total. The second kappa shape index (κ2) is 8.44. The smallest absolute Gasteiger partial charge is 0.355 e. The number of amides is 2. The van der Waals surface area contributed by atoms with Crippen molar-refractivity contribution in [3.05, 3.63) is 34.3 Å². The molecule has 0 unspecified atom stereocenters. The number of hydrogen-bond acceptors (Lipinski definition) is 11. The number of aliphatic carboxylic acids is 1. The van der Waals surface area contributed by atoms with Crippen molar-refractivity contribution in [1.29, 1.82) is 0 Å². The van der Waals surface area contributed by atoms with Gasteiger partial charge in [0.2, 0.25) is 0 Å². The number of oxime groups is 1. The van der Waals surface area contributed by atoms with Gasteiger partial charge in [-0.25, -0.2) is 28.2 Å². The van der Waals surface area contributed by atoms with E-state index in [1.54, 1.807) is 0 Å². The van der Waals surface area contributed by atoms with Crippen LogP contribution in [0.25, 0.3) is 0 Å². The fraction of sp³-hybridized carbons (Fsp3) is 0.312. The van der Waals surface area contributed by atoms with Crippen LogP contribution in [0.3, 0.4) is 0 Å². The summed E-state index contributed by atoms with van der Waals surface area (Å²) in [4.78, 5) is 45.8. The van der Waals surface area contributed by atoms with E-state index < -0.39 is 39.4 Å². The van der Waals surface area contributed by atoms with Crippen LogP contribution in [0, 0.1) is 0 Å². The molecule has 0 radical (unpaired) electrons. The zero-order valence-electron chi connectivity index (χ0n) is 16.1. The van der Waals surface area contributed by atoms with Crippen molar-refractivity contribution in [2.24, 2.45) is 5.16 Å². The van der Waals surface area contributed by atoms with Gasteiger partial charge in [-0.15, -0.1) is 11.3 Å². The fourth-order valence-electron chi connectivity index (χ4n) is 3.00. The molecule has 166 valence electrons. The van der Waals surface area contributed by atoms with Crippen LogP contribution >= 0.6 is 11.3 Å². The molecule has 1 saturated heterocycles. The summed E-state index contributed by atoms with van der Waals surface area (Å²) in [6.07, 6.45) is 2.28. The quantitative estimate of drug-likeness (QED) is 0.175. The number of hydrogen-bond donors (Lipinski definition) is 3. The van der Waals surface area contributed by atoms with Crippen LogP contribution in [0.4, 0.5) is 5.13 Å². The minimum atomic E-state index is -3.85. The summed E-state index contributed by atoms with van der Waals surface area (Å²) in [6.45, 7) is 3.05. The number of fused-ring (bicyclic) bond motifs is 1. The van der Waals surface area contributed by atoms with Crippen molar-refractivity contribution in [1.82, 2.24) is 20.3 Å². The summed E-state index contributed by atoms with van der Waals surface area (Å²) >= 11 is 1.07. The molecule has 2 aliphatic rings. The number of carbonyl (C=O) groups is 3. The van der Waals surface area contributed by atoms with Crippen molar-refractivity contribution in [3.63, 3.8) is 0 Å². The van der Waals surface area contributed by atoms with Gasteiger partial charge in [0.25, 0.3) is 11.8 Å². The molecule has 0 saturated carbocycles. The minimum absolute atomic E-state index is 0.0152. The first kappa shape index (κ1) is 22.4. The average molecular weight is 470 g/mol. The number of rotatable bonds is 8. The van der Waals surface area contributed by atoms with E-state index in [0.717, 1.165) is 22.6 Å². The molecular formula is C16H18N6O7S2. The Morgan fingerprint density at radius 3 is 2.81 bits per heavy atom. The van der Waals surface area contributed by atoms with E-state index in [4.69, 9.17) is 10.6 Å². The molecule has 3 heterocycles.